The van der Waals surface area contributed by atoms with Crippen molar-refractivity contribution in [2.75, 3.05) is 6.61 Å². The van der Waals surface area contributed by atoms with Gasteiger partial charge in [0.25, 0.3) is 0 Å². The zero-order chi connectivity index (χ0) is 14.8. The Labute approximate surface area is 105 Å². The van der Waals surface area contributed by atoms with Crippen molar-refractivity contribution >= 4 is 0 Å². The van der Waals surface area contributed by atoms with Crippen LogP contribution in [0.15, 0.2) is 18.2 Å². The van der Waals surface area contributed by atoms with Gasteiger partial charge in [-0.05, 0) is 24.6 Å². The van der Waals surface area contributed by atoms with Gasteiger partial charge in [-0.15, -0.1) is 0 Å². The largest absolute Gasteiger partial charge is 0.504 e. The van der Waals surface area contributed by atoms with Crippen LogP contribution in [0.4, 0.5) is 22.0 Å². The molecular weight excluding hydrogens is 273 g/mol. The van der Waals surface area contributed by atoms with Crippen molar-refractivity contribution in [3.63, 3.8) is 0 Å². The van der Waals surface area contributed by atoms with E-state index in [-0.39, 0.29) is 18.1 Å². The van der Waals surface area contributed by atoms with Gasteiger partial charge in [0.15, 0.2) is 11.5 Å². The Morgan fingerprint density at radius 3 is 2.32 bits per heavy atom. The first-order valence-electron chi connectivity index (χ1n) is 5.27. The summed E-state index contributed by atoms with van der Waals surface area (Å²) in [5, 5.41) is 9.33. The number of nitrogens with two attached hydrogens (primary N) is 1. The first-order valence-corrected chi connectivity index (χ1v) is 5.27. The Balaban J connectivity index is 3.13. The fourth-order valence-corrected chi connectivity index (χ4v) is 1.38. The van der Waals surface area contributed by atoms with E-state index < -0.39 is 23.7 Å². The Morgan fingerprint density at radius 1 is 1.26 bits per heavy atom. The molecule has 1 aromatic rings. The molecule has 0 spiro atoms. The minimum absolute atomic E-state index is 0.113. The fraction of sp³-hybridized carbons (Fsp3) is 0.455. The van der Waals surface area contributed by atoms with E-state index >= 15 is 0 Å². The van der Waals surface area contributed by atoms with Crippen molar-refractivity contribution in [3.8, 4) is 11.5 Å². The van der Waals surface area contributed by atoms with Gasteiger partial charge in [-0.25, -0.2) is 0 Å². The lowest BCUT2D eigenvalue weighted by Crippen LogP contribution is -2.45. The second kappa shape index (κ2) is 5.20. The van der Waals surface area contributed by atoms with Gasteiger partial charge in [-0.2, -0.15) is 22.0 Å². The summed E-state index contributed by atoms with van der Waals surface area (Å²) < 4.78 is 67.6. The van der Waals surface area contributed by atoms with Crippen molar-refractivity contribution in [2.45, 2.75) is 25.1 Å². The molecule has 8 heteroatoms. The maximum absolute atomic E-state index is 13.1. The highest BCUT2D eigenvalue weighted by Gasteiger charge is 2.61. The smallest absolute Gasteiger partial charge is 0.455 e. The van der Waals surface area contributed by atoms with Gasteiger partial charge in [0, 0.05) is 0 Å². The molecule has 0 bridgehead atoms. The summed E-state index contributed by atoms with van der Waals surface area (Å²) >= 11 is 0. The number of ether oxygens (including phenoxy) is 1. The number of benzene rings is 1. The van der Waals surface area contributed by atoms with Crippen molar-refractivity contribution in [1.82, 2.24) is 0 Å². The average molecular weight is 285 g/mol. The summed E-state index contributed by atoms with van der Waals surface area (Å²) in [6.07, 6.45) is -5.75. The molecule has 0 radical (unpaired) electrons. The van der Waals surface area contributed by atoms with Crippen LogP contribution in [0.3, 0.4) is 0 Å². The fourth-order valence-electron chi connectivity index (χ4n) is 1.38. The number of hydrogen-bond acceptors (Lipinski definition) is 3. The molecule has 3 nitrogen and oxygen atoms in total. The summed E-state index contributed by atoms with van der Waals surface area (Å²) in [4.78, 5) is 0. The van der Waals surface area contributed by atoms with Crippen LogP contribution in [0.1, 0.15) is 18.5 Å². The van der Waals surface area contributed by atoms with E-state index in [1.165, 1.54) is 0 Å². The Kier molecular flexibility index (Phi) is 4.24. The molecule has 0 amide bonds. The molecule has 1 aromatic carbocycles. The van der Waals surface area contributed by atoms with Crippen LogP contribution >= 0.6 is 0 Å². The molecule has 19 heavy (non-hydrogen) atoms. The van der Waals surface area contributed by atoms with Gasteiger partial charge in [0.1, 0.15) is 6.04 Å². The first-order chi connectivity index (χ1) is 8.61. The Hall–Kier alpha value is -1.57. The van der Waals surface area contributed by atoms with Crippen LogP contribution in [0, 0.1) is 0 Å². The van der Waals surface area contributed by atoms with Crippen molar-refractivity contribution < 1.29 is 31.8 Å². The number of phenols is 1. The molecule has 0 aliphatic heterocycles. The van der Waals surface area contributed by atoms with E-state index in [2.05, 4.69) is 0 Å². The van der Waals surface area contributed by atoms with Crippen LogP contribution in [0.2, 0.25) is 0 Å². The number of phenolic OH excluding ortho intramolecular Hbond substituents is 1. The highest BCUT2D eigenvalue weighted by Crippen LogP contribution is 2.44. The van der Waals surface area contributed by atoms with E-state index in [0.717, 1.165) is 18.2 Å². The molecule has 0 aromatic heterocycles. The molecule has 1 rings (SSSR count). The van der Waals surface area contributed by atoms with Crippen molar-refractivity contribution in [3.05, 3.63) is 23.8 Å². The lowest BCUT2D eigenvalue weighted by Gasteiger charge is -2.26. The van der Waals surface area contributed by atoms with Crippen LogP contribution in [0.25, 0.3) is 0 Å². The molecule has 0 aliphatic rings. The molecule has 1 atom stereocenters. The predicted molar refractivity (Wildman–Crippen MR) is 57.2 cm³/mol. The number of aromatic hydroxyl groups is 1. The zero-order valence-corrected chi connectivity index (χ0v) is 9.84. The molecule has 0 saturated carbocycles. The molecule has 0 aliphatic carbocycles. The molecule has 0 fully saturated rings. The Bertz CT molecular complexity index is 447. The van der Waals surface area contributed by atoms with Gasteiger partial charge >= 0.3 is 12.1 Å². The maximum atomic E-state index is 13.1. The van der Waals surface area contributed by atoms with Gasteiger partial charge in [0.2, 0.25) is 0 Å². The average Bonchev–Trinajstić information content (AvgIpc) is 2.30. The zero-order valence-electron chi connectivity index (χ0n) is 9.84. The summed E-state index contributed by atoms with van der Waals surface area (Å²) in [5.41, 5.74) is 4.48. The Morgan fingerprint density at radius 2 is 1.84 bits per heavy atom. The lowest BCUT2D eigenvalue weighted by molar-refractivity contribution is -0.291. The standard InChI is InChI=1S/C11H12F5NO2/c1-2-19-8-5-6(3-4-7(8)18)9(17)10(12,13)11(14,15)16/h3-5,9,18H,2,17H2,1H3/t9-/m1/s1. The quantitative estimate of drug-likeness (QED) is 0.836. The maximum Gasteiger partial charge on any atom is 0.455 e. The third-order valence-corrected chi connectivity index (χ3v) is 2.41. The van der Waals surface area contributed by atoms with Crippen molar-refractivity contribution in [2.24, 2.45) is 5.73 Å². The highest BCUT2D eigenvalue weighted by atomic mass is 19.4. The third kappa shape index (κ3) is 3.06. The number of hydrogen-bond donors (Lipinski definition) is 2. The van der Waals surface area contributed by atoms with Crippen LogP contribution in [-0.4, -0.2) is 23.8 Å². The van der Waals surface area contributed by atoms with Crippen LogP contribution in [0.5, 0.6) is 11.5 Å². The van der Waals surface area contributed by atoms with Gasteiger partial charge in [0.05, 0.1) is 6.61 Å². The van der Waals surface area contributed by atoms with Gasteiger partial charge in [-0.3, -0.25) is 0 Å². The predicted octanol–water partition coefficient (Wildman–Crippen LogP) is 2.99. The van der Waals surface area contributed by atoms with E-state index in [1.54, 1.807) is 6.92 Å². The summed E-state index contributed by atoms with van der Waals surface area (Å²) in [5.74, 6) is -5.64. The van der Waals surface area contributed by atoms with E-state index in [0.29, 0.717) is 0 Å². The summed E-state index contributed by atoms with van der Waals surface area (Å²) in [6, 6.07) is 0.130. The van der Waals surface area contributed by atoms with E-state index in [1.807, 2.05) is 0 Å². The number of alkyl halides is 5. The number of halogens is 5. The van der Waals surface area contributed by atoms with E-state index in [4.69, 9.17) is 10.5 Å². The molecule has 3 N–H and O–H groups in total. The molecule has 108 valence electrons. The summed E-state index contributed by atoms with van der Waals surface area (Å²) in [7, 11) is 0. The highest BCUT2D eigenvalue weighted by molar-refractivity contribution is 5.43. The third-order valence-electron chi connectivity index (χ3n) is 2.41. The van der Waals surface area contributed by atoms with Gasteiger partial charge < -0.3 is 15.6 Å². The number of rotatable bonds is 4. The second-order valence-corrected chi connectivity index (χ2v) is 3.76. The molecule has 0 heterocycles. The van der Waals surface area contributed by atoms with E-state index in [9.17, 15) is 27.1 Å². The van der Waals surface area contributed by atoms with Crippen molar-refractivity contribution in [1.29, 1.82) is 0 Å². The monoisotopic (exact) mass is 285 g/mol. The van der Waals surface area contributed by atoms with Crippen LogP contribution < -0.4 is 10.5 Å². The topological polar surface area (TPSA) is 55.5 Å². The second-order valence-electron chi connectivity index (χ2n) is 3.76. The lowest BCUT2D eigenvalue weighted by atomic mass is 10.0. The SMILES string of the molecule is CCOc1cc([C@@H](N)C(F)(F)C(F)(F)F)ccc1O. The minimum atomic E-state index is -5.75. The molecular formula is C11H12F5NO2. The molecule has 0 unspecified atom stereocenters. The first kappa shape index (κ1) is 15.5. The minimum Gasteiger partial charge on any atom is -0.504 e. The normalized spacial score (nSPS) is 14.3. The van der Waals surface area contributed by atoms with Crippen LogP contribution in [-0.2, 0) is 0 Å². The summed E-state index contributed by atoms with van der Waals surface area (Å²) in [6.45, 7) is 1.68. The van der Waals surface area contributed by atoms with Gasteiger partial charge in [-0.1, -0.05) is 6.07 Å². The molecule has 0 saturated heterocycles.